The lowest BCUT2D eigenvalue weighted by atomic mass is 9.97. The molecule has 1 fully saturated rings. The average molecular weight is 353 g/mol. The van der Waals surface area contributed by atoms with Gasteiger partial charge in [-0.2, -0.15) is 0 Å². The molecule has 0 aliphatic carbocycles. The van der Waals surface area contributed by atoms with E-state index in [-0.39, 0.29) is 5.91 Å². The maximum atomic E-state index is 12.6. The van der Waals surface area contributed by atoms with Crippen molar-refractivity contribution in [2.24, 2.45) is 5.92 Å². The minimum atomic E-state index is 0.0177. The van der Waals surface area contributed by atoms with E-state index < -0.39 is 0 Å². The lowest BCUT2D eigenvalue weighted by Gasteiger charge is -2.31. The molecule has 3 rings (SSSR count). The molecule has 2 heterocycles. The van der Waals surface area contributed by atoms with Gasteiger partial charge in [0.2, 0.25) is 0 Å². The van der Waals surface area contributed by atoms with Gasteiger partial charge >= 0.3 is 0 Å². The van der Waals surface area contributed by atoms with Crippen LogP contribution in [0.1, 0.15) is 34.3 Å². The molecule has 1 aromatic carbocycles. The monoisotopic (exact) mass is 353 g/mol. The number of rotatable bonds is 6. The molecule has 0 unspecified atom stereocenters. The van der Waals surface area contributed by atoms with Gasteiger partial charge in [0.15, 0.2) is 0 Å². The van der Waals surface area contributed by atoms with Gasteiger partial charge in [0.05, 0.1) is 0 Å². The molecule has 0 bridgehead atoms. The fourth-order valence-electron chi connectivity index (χ4n) is 3.40. The van der Waals surface area contributed by atoms with Gasteiger partial charge in [-0.3, -0.25) is 14.7 Å². The molecule has 1 aromatic heterocycles. The van der Waals surface area contributed by atoms with Gasteiger partial charge in [-0.05, 0) is 61.2 Å². The summed E-state index contributed by atoms with van der Waals surface area (Å²) in [5.74, 6) is 0.478. The Bertz CT molecular complexity index is 695. The van der Waals surface area contributed by atoms with Gasteiger partial charge in [-0.25, -0.2) is 0 Å². The number of carbonyl (C=O) groups is 1. The number of hydrogen-bond acceptors (Lipinski definition) is 4. The van der Waals surface area contributed by atoms with E-state index in [2.05, 4.69) is 9.88 Å². The van der Waals surface area contributed by atoms with Gasteiger partial charge in [0.1, 0.15) is 0 Å². The first-order valence-corrected chi connectivity index (χ1v) is 9.22. The topological polar surface area (TPSA) is 56.7 Å². The van der Waals surface area contributed by atoms with Crippen LogP contribution in [-0.2, 0) is 13.1 Å². The van der Waals surface area contributed by atoms with Crippen molar-refractivity contribution in [1.82, 2.24) is 14.8 Å². The Morgan fingerprint density at radius 1 is 1.19 bits per heavy atom. The Morgan fingerprint density at radius 2 is 1.92 bits per heavy atom. The number of hydrogen-bond donors (Lipinski definition) is 1. The van der Waals surface area contributed by atoms with E-state index in [4.69, 9.17) is 0 Å². The summed E-state index contributed by atoms with van der Waals surface area (Å²) >= 11 is 0. The zero-order chi connectivity index (χ0) is 18.4. The number of likely N-dealkylation sites (tertiary alicyclic amines) is 1. The molecule has 26 heavy (non-hydrogen) atoms. The van der Waals surface area contributed by atoms with Crippen molar-refractivity contribution >= 4 is 5.91 Å². The number of benzene rings is 1. The third-order valence-corrected chi connectivity index (χ3v) is 5.06. The molecule has 1 aliphatic rings. The van der Waals surface area contributed by atoms with E-state index in [1.165, 1.54) is 5.56 Å². The van der Waals surface area contributed by atoms with E-state index in [9.17, 15) is 9.90 Å². The Labute approximate surface area is 155 Å². The van der Waals surface area contributed by atoms with Crippen LogP contribution >= 0.6 is 0 Å². The van der Waals surface area contributed by atoms with E-state index in [1.807, 2.05) is 43.4 Å². The normalized spacial score (nSPS) is 15.8. The highest BCUT2D eigenvalue weighted by molar-refractivity contribution is 5.94. The van der Waals surface area contributed by atoms with Crippen molar-refractivity contribution in [3.05, 3.63) is 65.5 Å². The van der Waals surface area contributed by atoms with Crippen LogP contribution in [0, 0.1) is 5.92 Å². The predicted octanol–water partition coefficient (Wildman–Crippen LogP) is 2.56. The summed E-state index contributed by atoms with van der Waals surface area (Å²) in [5, 5.41) is 9.23. The number of aliphatic hydroxyl groups excluding tert-OH is 1. The van der Waals surface area contributed by atoms with Crippen molar-refractivity contribution in [3.8, 4) is 0 Å². The van der Waals surface area contributed by atoms with Crippen LogP contribution in [0.15, 0.2) is 48.8 Å². The number of aliphatic hydroxyl groups is 1. The number of carbonyl (C=O) groups excluding carboxylic acids is 1. The molecule has 1 amide bonds. The van der Waals surface area contributed by atoms with Crippen molar-refractivity contribution in [3.63, 3.8) is 0 Å². The molecule has 0 atom stereocenters. The van der Waals surface area contributed by atoms with Crippen LogP contribution in [-0.4, -0.2) is 52.5 Å². The van der Waals surface area contributed by atoms with Gasteiger partial charge in [0.25, 0.3) is 5.91 Å². The Kier molecular flexibility index (Phi) is 6.36. The van der Waals surface area contributed by atoms with E-state index in [0.717, 1.165) is 38.0 Å². The molecule has 2 aromatic rings. The lowest BCUT2D eigenvalue weighted by Crippen LogP contribution is -2.34. The van der Waals surface area contributed by atoms with Crippen molar-refractivity contribution in [2.75, 3.05) is 26.7 Å². The quantitative estimate of drug-likeness (QED) is 0.867. The van der Waals surface area contributed by atoms with Crippen LogP contribution < -0.4 is 0 Å². The molecule has 5 nitrogen and oxygen atoms in total. The Morgan fingerprint density at radius 3 is 2.54 bits per heavy atom. The van der Waals surface area contributed by atoms with Gasteiger partial charge in [-0.15, -0.1) is 0 Å². The van der Waals surface area contributed by atoms with Crippen LogP contribution in [0.2, 0.25) is 0 Å². The number of amides is 1. The second kappa shape index (κ2) is 8.92. The van der Waals surface area contributed by atoms with Crippen molar-refractivity contribution < 1.29 is 9.90 Å². The number of aromatic nitrogens is 1. The maximum Gasteiger partial charge on any atom is 0.253 e. The van der Waals surface area contributed by atoms with E-state index in [0.29, 0.717) is 24.6 Å². The van der Waals surface area contributed by atoms with Gasteiger partial charge in [-0.1, -0.05) is 18.2 Å². The third-order valence-electron chi connectivity index (χ3n) is 5.06. The standard InChI is InChI=1S/C21H27N3O2/c1-23(14-19-3-2-10-22-13-19)21(26)20-6-4-17(5-7-20)15-24-11-8-18(16-25)9-12-24/h2-7,10,13,18,25H,8-9,11-12,14-16H2,1H3. The van der Waals surface area contributed by atoms with Crippen LogP contribution in [0.4, 0.5) is 0 Å². The van der Waals surface area contributed by atoms with E-state index in [1.54, 1.807) is 17.3 Å². The average Bonchev–Trinajstić information content (AvgIpc) is 2.69. The molecule has 1 saturated heterocycles. The first-order valence-electron chi connectivity index (χ1n) is 9.22. The highest BCUT2D eigenvalue weighted by Gasteiger charge is 2.18. The van der Waals surface area contributed by atoms with Crippen LogP contribution in [0.5, 0.6) is 0 Å². The smallest absolute Gasteiger partial charge is 0.253 e. The number of piperidine rings is 1. The first kappa shape index (κ1) is 18.5. The van der Waals surface area contributed by atoms with Crippen LogP contribution in [0.25, 0.3) is 0 Å². The Balaban J connectivity index is 1.54. The second-order valence-electron chi connectivity index (χ2n) is 7.12. The molecule has 0 saturated carbocycles. The van der Waals surface area contributed by atoms with E-state index >= 15 is 0 Å². The summed E-state index contributed by atoms with van der Waals surface area (Å²) in [7, 11) is 1.81. The molecule has 1 aliphatic heterocycles. The maximum absolute atomic E-state index is 12.6. The summed E-state index contributed by atoms with van der Waals surface area (Å²) in [6.45, 7) is 3.81. The van der Waals surface area contributed by atoms with Gasteiger partial charge in [0, 0.05) is 44.7 Å². The largest absolute Gasteiger partial charge is 0.396 e. The molecule has 0 radical (unpaired) electrons. The number of nitrogens with zero attached hydrogens (tertiary/aromatic N) is 3. The van der Waals surface area contributed by atoms with Crippen molar-refractivity contribution in [2.45, 2.75) is 25.9 Å². The van der Waals surface area contributed by atoms with Crippen LogP contribution in [0.3, 0.4) is 0 Å². The lowest BCUT2D eigenvalue weighted by molar-refractivity contribution is 0.0785. The van der Waals surface area contributed by atoms with Crippen molar-refractivity contribution in [1.29, 1.82) is 0 Å². The predicted molar refractivity (Wildman–Crippen MR) is 102 cm³/mol. The zero-order valence-corrected chi connectivity index (χ0v) is 15.3. The minimum Gasteiger partial charge on any atom is -0.396 e. The first-order chi connectivity index (χ1) is 12.7. The molecular formula is C21H27N3O2. The fourth-order valence-corrected chi connectivity index (χ4v) is 3.40. The Hall–Kier alpha value is -2.24. The second-order valence-corrected chi connectivity index (χ2v) is 7.12. The highest BCUT2D eigenvalue weighted by Crippen LogP contribution is 2.19. The molecule has 5 heteroatoms. The third kappa shape index (κ3) is 4.90. The minimum absolute atomic E-state index is 0.0177. The molecular weight excluding hydrogens is 326 g/mol. The fraction of sp³-hybridized carbons (Fsp3) is 0.429. The summed E-state index contributed by atoms with van der Waals surface area (Å²) in [4.78, 5) is 20.8. The number of pyridine rings is 1. The summed E-state index contributed by atoms with van der Waals surface area (Å²) in [6, 6.07) is 11.8. The molecule has 0 spiro atoms. The molecule has 138 valence electrons. The molecule has 1 N–H and O–H groups in total. The van der Waals surface area contributed by atoms with Gasteiger partial charge < -0.3 is 10.0 Å². The zero-order valence-electron chi connectivity index (χ0n) is 15.3. The SMILES string of the molecule is CN(Cc1cccnc1)C(=O)c1ccc(CN2CCC(CO)CC2)cc1. The highest BCUT2D eigenvalue weighted by atomic mass is 16.3. The summed E-state index contributed by atoms with van der Waals surface area (Å²) in [6.07, 6.45) is 5.64. The summed E-state index contributed by atoms with van der Waals surface area (Å²) in [5.41, 5.74) is 2.95. The summed E-state index contributed by atoms with van der Waals surface area (Å²) < 4.78 is 0.